The second-order valence-corrected chi connectivity index (χ2v) is 20.4. The molecule has 9 N–H and O–H groups in total. The summed E-state index contributed by atoms with van der Waals surface area (Å²) in [5.41, 5.74) is -0.282. The predicted molar refractivity (Wildman–Crippen MR) is 252 cm³/mol. The average molecular weight is 1080 g/mol. The van der Waals surface area contributed by atoms with Crippen molar-refractivity contribution >= 4 is 11.9 Å². The standard InChI is InChI=1S/C51H68F3N3O19/c1-3-26-14-25(22-69-49-41(63)37(39(61)34(20-58)73-49)57-19-31(55-56-57)28-17-29(52)36(54)30(53)18-28)16-32(44(26)76-50-43(65)42(64)38(60)23(2)70-50)72-51-46(75-48(68)27-12-8-5-9-13-27)45(40(62)35(21-59)74-51)71-33(47(66)67)15-24-10-6-4-7-11-24/h5,8-9,12-13,17-19,23-26,32-35,37-46,49-51,58-65H,3-4,6-7,10-11,14-16,20-22H2,1-2H3,(H,66,67)/t23?,25?,26?,32-,33+,34?,35+,37?,38-,39-,40+,41?,42+,43?,44-,45?,46?,49+,50+,51-/m1/s1. The fourth-order valence-electron chi connectivity index (χ4n) is 11.1. The Bertz CT molecular complexity index is 2350. The Morgan fingerprint density at radius 1 is 0.763 bits per heavy atom. The van der Waals surface area contributed by atoms with Gasteiger partial charge < -0.3 is 83.9 Å². The van der Waals surface area contributed by atoms with Crippen LogP contribution in [0.1, 0.15) is 88.0 Å². The van der Waals surface area contributed by atoms with Gasteiger partial charge in [0.25, 0.3) is 0 Å². The van der Waals surface area contributed by atoms with Crippen LogP contribution in [0.2, 0.25) is 0 Å². The van der Waals surface area contributed by atoms with Crippen molar-refractivity contribution in [3.63, 3.8) is 0 Å². The van der Waals surface area contributed by atoms with Gasteiger partial charge in [0, 0.05) is 5.56 Å². The lowest BCUT2D eigenvalue weighted by molar-refractivity contribution is -0.351. The maximum absolute atomic E-state index is 14.2. The fourth-order valence-corrected chi connectivity index (χ4v) is 11.1. The van der Waals surface area contributed by atoms with Crippen molar-refractivity contribution in [2.24, 2.45) is 17.8 Å². The Labute approximate surface area is 435 Å². The van der Waals surface area contributed by atoms with Crippen LogP contribution in [-0.4, -0.2) is 197 Å². The number of carboxylic acids is 1. The van der Waals surface area contributed by atoms with Gasteiger partial charge in [0.15, 0.2) is 48.5 Å². The molecule has 2 saturated carbocycles. The van der Waals surface area contributed by atoms with Crippen molar-refractivity contribution < 1.29 is 107 Å². The third-order valence-corrected chi connectivity index (χ3v) is 15.3. The number of carbonyl (C=O) groups is 2. The molecule has 3 saturated heterocycles. The lowest BCUT2D eigenvalue weighted by Gasteiger charge is -2.49. The molecule has 422 valence electrons. The highest BCUT2D eigenvalue weighted by atomic mass is 19.2. The Hall–Kier alpha value is -4.29. The van der Waals surface area contributed by atoms with Gasteiger partial charge >= 0.3 is 11.9 Å². The molecule has 5 aliphatic rings. The number of benzene rings is 2. The molecule has 5 fully saturated rings. The second-order valence-electron chi connectivity index (χ2n) is 20.4. The van der Waals surface area contributed by atoms with Crippen molar-refractivity contribution in [3.05, 3.63) is 71.7 Å². The molecule has 3 aromatic rings. The molecule has 0 spiro atoms. The van der Waals surface area contributed by atoms with Gasteiger partial charge in [0.2, 0.25) is 0 Å². The van der Waals surface area contributed by atoms with Gasteiger partial charge in [-0.25, -0.2) is 27.4 Å². The zero-order valence-electron chi connectivity index (χ0n) is 41.8. The molecular weight excluding hydrogens is 1020 g/mol. The number of esters is 1. The summed E-state index contributed by atoms with van der Waals surface area (Å²) in [5.74, 6) is -8.04. The molecule has 25 heteroatoms. The van der Waals surface area contributed by atoms with Gasteiger partial charge in [-0.2, -0.15) is 0 Å². The number of aliphatic hydroxyl groups excluding tert-OH is 8. The summed E-state index contributed by atoms with van der Waals surface area (Å²) >= 11 is 0. The molecule has 20 atom stereocenters. The Morgan fingerprint density at radius 2 is 1.43 bits per heavy atom. The molecule has 4 heterocycles. The van der Waals surface area contributed by atoms with E-state index in [0.29, 0.717) is 18.6 Å². The number of carbonyl (C=O) groups excluding carboxylic acids is 1. The van der Waals surface area contributed by atoms with Crippen LogP contribution in [-0.2, 0) is 42.7 Å². The van der Waals surface area contributed by atoms with Crippen LogP contribution < -0.4 is 0 Å². The molecule has 0 bridgehead atoms. The van der Waals surface area contributed by atoms with Crippen molar-refractivity contribution in [1.29, 1.82) is 0 Å². The van der Waals surface area contributed by atoms with Crippen LogP contribution in [0, 0.1) is 35.2 Å². The summed E-state index contributed by atoms with van der Waals surface area (Å²) in [6.45, 7) is 1.48. The summed E-state index contributed by atoms with van der Waals surface area (Å²) in [7, 11) is 0. The first-order chi connectivity index (χ1) is 36.4. The molecule has 22 nitrogen and oxygen atoms in total. The van der Waals surface area contributed by atoms with Crippen molar-refractivity contribution in [3.8, 4) is 11.3 Å². The lowest BCUT2D eigenvalue weighted by atomic mass is 9.76. The number of aromatic nitrogens is 3. The largest absolute Gasteiger partial charge is 0.479 e. The molecular formula is C51H68F3N3O19. The van der Waals surface area contributed by atoms with E-state index in [-0.39, 0.29) is 48.6 Å². The SMILES string of the molecule is CCC1CC(CO[C@H]2OC(CO)[C@@H](O)C(n3cc(-c4cc(F)c(F)c(F)c4)nn3)C2O)C[C@@H](O[C@@H]2O[C@@H](CO)[C@H](O)C(O[C@@H](CC3CCCCC3)C(=O)O)C2OC(=O)c2ccccc2)[C@@H]1O[C@@H]1OC(C)[C@@H](O)[C@H](O)C1O. The molecule has 9 unspecified atom stereocenters. The van der Waals surface area contributed by atoms with Gasteiger partial charge in [-0.1, -0.05) is 68.9 Å². The number of nitrogens with zero attached hydrogens (tertiary/aromatic N) is 3. The second kappa shape index (κ2) is 25.7. The number of aliphatic carboxylic acids is 1. The summed E-state index contributed by atoms with van der Waals surface area (Å²) in [6.07, 6.45) is -19.8. The van der Waals surface area contributed by atoms with Crippen molar-refractivity contribution in [1.82, 2.24) is 15.0 Å². The van der Waals surface area contributed by atoms with E-state index in [1.165, 1.54) is 19.1 Å². The molecule has 1 aromatic heterocycles. The third-order valence-electron chi connectivity index (χ3n) is 15.3. The van der Waals surface area contributed by atoms with E-state index >= 15 is 0 Å². The topological polar surface area (TPSA) is 321 Å². The monoisotopic (exact) mass is 1080 g/mol. The normalized spacial score (nSPS) is 36.9. The number of aliphatic hydroxyl groups is 8. The minimum atomic E-state index is -1.76. The zero-order valence-corrected chi connectivity index (χ0v) is 41.8. The smallest absolute Gasteiger partial charge is 0.338 e. The Balaban J connectivity index is 1.09. The Morgan fingerprint density at radius 3 is 2.09 bits per heavy atom. The van der Waals surface area contributed by atoms with Gasteiger partial charge in [-0.3, -0.25) is 0 Å². The highest BCUT2D eigenvalue weighted by Gasteiger charge is 2.54. The minimum absolute atomic E-state index is 0.0177. The van der Waals surface area contributed by atoms with Gasteiger partial charge in [-0.05, 0) is 68.2 Å². The average Bonchev–Trinajstić information content (AvgIpc) is 3.90. The maximum Gasteiger partial charge on any atom is 0.338 e. The molecule has 0 radical (unpaired) electrons. The molecule has 2 aromatic carbocycles. The van der Waals surface area contributed by atoms with Crippen LogP contribution in [0.4, 0.5) is 13.2 Å². The predicted octanol–water partition coefficient (Wildman–Crippen LogP) is 1.51. The van der Waals surface area contributed by atoms with E-state index in [2.05, 4.69) is 10.3 Å². The number of hydrogen-bond acceptors (Lipinski definition) is 20. The van der Waals surface area contributed by atoms with Crippen LogP contribution in [0.5, 0.6) is 0 Å². The molecule has 8 rings (SSSR count). The van der Waals surface area contributed by atoms with Crippen molar-refractivity contribution in [2.75, 3.05) is 19.8 Å². The zero-order chi connectivity index (χ0) is 54.5. The number of halogens is 3. The highest BCUT2D eigenvalue weighted by Crippen LogP contribution is 2.42. The molecule has 2 aliphatic carbocycles. The van der Waals surface area contributed by atoms with Crippen LogP contribution >= 0.6 is 0 Å². The fraction of sp³-hybridized carbons (Fsp3) is 0.686. The van der Waals surface area contributed by atoms with Gasteiger partial charge in [0.1, 0.15) is 66.7 Å². The number of ether oxygens (including phenoxy) is 8. The van der Waals surface area contributed by atoms with Crippen LogP contribution in [0.3, 0.4) is 0 Å². The maximum atomic E-state index is 14.2. The molecule has 3 aliphatic heterocycles. The number of hydrogen-bond donors (Lipinski definition) is 9. The van der Waals surface area contributed by atoms with E-state index in [1.54, 1.807) is 18.2 Å². The van der Waals surface area contributed by atoms with E-state index in [0.717, 1.165) is 43.0 Å². The summed E-state index contributed by atoms with van der Waals surface area (Å²) < 4.78 is 92.9. The molecule has 76 heavy (non-hydrogen) atoms. The lowest BCUT2D eigenvalue weighted by Crippen LogP contribution is -2.64. The van der Waals surface area contributed by atoms with E-state index < -0.39 is 165 Å². The summed E-state index contributed by atoms with van der Waals surface area (Å²) in [6, 6.07) is 7.74. The first-order valence-electron chi connectivity index (χ1n) is 25.8. The van der Waals surface area contributed by atoms with E-state index in [9.17, 15) is 68.7 Å². The summed E-state index contributed by atoms with van der Waals surface area (Å²) in [4.78, 5) is 26.9. The van der Waals surface area contributed by atoms with Crippen molar-refractivity contribution in [2.45, 2.75) is 182 Å². The van der Waals surface area contributed by atoms with E-state index in [1.807, 2.05) is 6.92 Å². The first-order valence-corrected chi connectivity index (χ1v) is 25.8. The van der Waals surface area contributed by atoms with E-state index in [4.69, 9.17) is 37.9 Å². The van der Waals surface area contributed by atoms with Gasteiger partial charge in [0.05, 0.1) is 49.9 Å². The minimum Gasteiger partial charge on any atom is -0.479 e. The molecule has 0 amide bonds. The highest BCUT2D eigenvalue weighted by molar-refractivity contribution is 5.89. The first kappa shape index (κ1) is 57.9. The number of carboxylic acid groups (broad SMARTS) is 1. The Kier molecular flexibility index (Phi) is 19.5. The van der Waals surface area contributed by atoms with Crippen LogP contribution in [0.15, 0.2) is 48.7 Å². The van der Waals surface area contributed by atoms with Crippen LogP contribution in [0.25, 0.3) is 11.3 Å². The number of rotatable bonds is 19. The summed E-state index contributed by atoms with van der Waals surface area (Å²) in [5, 5.41) is 107. The van der Waals surface area contributed by atoms with Gasteiger partial charge in [-0.15, -0.1) is 5.10 Å². The quantitative estimate of drug-likeness (QED) is 0.0607. The third kappa shape index (κ3) is 12.9.